The highest BCUT2D eigenvalue weighted by Crippen LogP contribution is 2.18. The van der Waals surface area contributed by atoms with Crippen LogP contribution in [-0.4, -0.2) is 56.8 Å². The van der Waals surface area contributed by atoms with E-state index in [4.69, 9.17) is 5.11 Å². The van der Waals surface area contributed by atoms with Crippen LogP contribution in [0, 0.1) is 5.92 Å². The van der Waals surface area contributed by atoms with Crippen molar-refractivity contribution in [1.29, 1.82) is 0 Å². The molecule has 18 heavy (non-hydrogen) atoms. The van der Waals surface area contributed by atoms with Crippen LogP contribution < -0.4 is 4.72 Å². The van der Waals surface area contributed by atoms with E-state index in [-0.39, 0.29) is 12.2 Å². The molecular formula is C11H22N2O4S. The summed E-state index contributed by atoms with van der Waals surface area (Å²) < 4.78 is 25.4. The molecule has 0 radical (unpaired) electrons. The first-order chi connectivity index (χ1) is 8.39. The third-order valence-electron chi connectivity index (χ3n) is 3.30. The van der Waals surface area contributed by atoms with E-state index in [0.717, 1.165) is 32.4 Å². The van der Waals surface area contributed by atoms with Crippen molar-refractivity contribution in [3.8, 4) is 0 Å². The second kappa shape index (κ2) is 7.06. The van der Waals surface area contributed by atoms with Crippen molar-refractivity contribution < 1.29 is 18.3 Å². The highest BCUT2D eigenvalue weighted by atomic mass is 32.2. The van der Waals surface area contributed by atoms with E-state index < -0.39 is 16.0 Å². The first kappa shape index (κ1) is 15.4. The molecule has 1 rings (SSSR count). The van der Waals surface area contributed by atoms with Gasteiger partial charge in [-0.15, -0.1) is 0 Å². The number of aliphatic carboxylic acids is 1. The number of hydrogen-bond donors (Lipinski definition) is 2. The molecule has 1 aliphatic heterocycles. The van der Waals surface area contributed by atoms with Gasteiger partial charge in [-0.2, -0.15) is 0 Å². The highest BCUT2D eigenvalue weighted by molar-refractivity contribution is 7.89. The van der Waals surface area contributed by atoms with Gasteiger partial charge in [0.2, 0.25) is 10.0 Å². The molecule has 6 nitrogen and oxygen atoms in total. The zero-order chi connectivity index (χ0) is 13.6. The third-order valence-corrected chi connectivity index (χ3v) is 4.68. The van der Waals surface area contributed by atoms with Crippen LogP contribution in [0.4, 0.5) is 0 Å². The SMILES string of the molecule is CN1CCC(CCNS(=O)(=O)CCC(=O)O)CC1. The van der Waals surface area contributed by atoms with E-state index in [2.05, 4.69) is 16.7 Å². The predicted octanol–water partition coefficient (Wildman–Crippen LogP) is 0.112. The molecule has 0 bridgehead atoms. The summed E-state index contributed by atoms with van der Waals surface area (Å²) in [5.74, 6) is -0.852. The first-order valence-corrected chi connectivity index (χ1v) is 7.92. The number of carboxylic acid groups (broad SMARTS) is 1. The lowest BCUT2D eigenvalue weighted by atomic mass is 9.94. The molecule has 0 spiro atoms. The minimum absolute atomic E-state index is 0.338. The van der Waals surface area contributed by atoms with Gasteiger partial charge in [0, 0.05) is 6.54 Å². The van der Waals surface area contributed by atoms with Gasteiger partial charge in [-0.3, -0.25) is 4.79 Å². The molecule has 1 heterocycles. The molecule has 0 saturated carbocycles. The lowest BCUT2D eigenvalue weighted by Crippen LogP contribution is -2.33. The van der Waals surface area contributed by atoms with Gasteiger partial charge < -0.3 is 10.0 Å². The zero-order valence-electron chi connectivity index (χ0n) is 10.8. The van der Waals surface area contributed by atoms with Crippen LogP contribution >= 0.6 is 0 Å². The average molecular weight is 278 g/mol. The van der Waals surface area contributed by atoms with E-state index in [1.165, 1.54) is 0 Å². The molecule has 1 fully saturated rings. The molecule has 0 unspecified atom stereocenters. The molecule has 2 N–H and O–H groups in total. The Morgan fingerprint density at radius 1 is 1.39 bits per heavy atom. The predicted molar refractivity (Wildman–Crippen MR) is 68.9 cm³/mol. The summed E-state index contributed by atoms with van der Waals surface area (Å²) >= 11 is 0. The van der Waals surface area contributed by atoms with Crippen molar-refractivity contribution in [2.45, 2.75) is 25.7 Å². The Kier molecular flexibility index (Phi) is 6.04. The maximum atomic E-state index is 11.4. The molecular weight excluding hydrogens is 256 g/mol. The summed E-state index contributed by atoms with van der Waals surface area (Å²) in [4.78, 5) is 12.6. The zero-order valence-corrected chi connectivity index (χ0v) is 11.6. The number of nitrogens with one attached hydrogen (secondary N) is 1. The molecule has 0 aromatic carbocycles. The number of nitrogens with zero attached hydrogens (tertiary/aromatic N) is 1. The van der Waals surface area contributed by atoms with Crippen LogP contribution in [0.25, 0.3) is 0 Å². The van der Waals surface area contributed by atoms with Crippen molar-refractivity contribution in [3.05, 3.63) is 0 Å². The molecule has 0 aromatic heterocycles. The van der Waals surface area contributed by atoms with Crippen LogP contribution in [0.5, 0.6) is 0 Å². The smallest absolute Gasteiger partial charge is 0.304 e. The van der Waals surface area contributed by atoms with Gasteiger partial charge in [-0.05, 0) is 45.3 Å². The number of piperidine rings is 1. The van der Waals surface area contributed by atoms with Crippen LogP contribution in [0.15, 0.2) is 0 Å². The fourth-order valence-corrected chi connectivity index (χ4v) is 3.08. The van der Waals surface area contributed by atoms with Crippen LogP contribution in [0.3, 0.4) is 0 Å². The Bertz CT molecular complexity index is 361. The maximum absolute atomic E-state index is 11.4. The van der Waals surface area contributed by atoms with Crippen molar-refractivity contribution in [3.63, 3.8) is 0 Å². The number of rotatable bonds is 7. The van der Waals surface area contributed by atoms with Crippen molar-refractivity contribution in [2.24, 2.45) is 5.92 Å². The number of carboxylic acids is 1. The number of likely N-dealkylation sites (tertiary alicyclic amines) is 1. The second-order valence-corrected chi connectivity index (χ2v) is 6.82. The Morgan fingerprint density at radius 3 is 2.56 bits per heavy atom. The molecule has 0 amide bonds. The largest absolute Gasteiger partial charge is 0.481 e. The Balaban J connectivity index is 2.18. The summed E-state index contributed by atoms with van der Waals surface area (Å²) in [7, 11) is -1.34. The molecule has 0 aliphatic carbocycles. The van der Waals surface area contributed by atoms with Gasteiger partial charge in [0.05, 0.1) is 12.2 Å². The summed E-state index contributed by atoms with van der Waals surface area (Å²) in [6, 6.07) is 0. The molecule has 0 atom stereocenters. The summed E-state index contributed by atoms with van der Waals surface area (Å²) in [6.45, 7) is 2.54. The van der Waals surface area contributed by atoms with E-state index in [9.17, 15) is 13.2 Å². The van der Waals surface area contributed by atoms with Gasteiger partial charge in [-0.25, -0.2) is 13.1 Å². The Labute approximate surface area is 108 Å². The summed E-state index contributed by atoms with van der Waals surface area (Å²) in [6.07, 6.45) is 2.70. The van der Waals surface area contributed by atoms with Crippen molar-refractivity contribution in [2.75, 3.05) is 32.4 Å². The standard InChI is InChI=1S/C11H22N2O4S/c1-13-7-3-10(4-8-13)2-6-12-18(16,17)9-5-11(14)15/h10,12H,2-9H2,1H3,(H,14,15). The average Bonchev–Trinajstić information content (AvgIpc) is 2.29. The van der Waals surface area contributed by atoms with Gasteiger partial charge >= 0.3 is 5.97 Å². The molecule has 1 saturated heterocycles. The monoisotopic (exact) mass is 278 g/mol. The van der Waals surface area contributed by atoms with E-state index in [0.29, 0.717) is 12.5 Å². The van der Waals surface area contributed by atoms with Crippen LogP contribution in [0.1, 0.15) is 25.7 Å². The summed E-state index contributed by atoms with van der Waals surface area (Å²) in [5.41, 5.74) is 0. The molecule has 106 valence electrons. The number of carbonyl (C=O) groups is 1. The maximum Gasteiger partial charge on any atom is 0.304 e. The minimum Gasteiger partial charge on any atom is -0.481 e. The Morgan fingerprint density at radius 2 is 2.00 bits per heavy atom. The van der Waals surface area contributed by atoms with E-state index in [1.54, 1.807) is 0 Å². The third kappa shape index (κ3) is 6.32. The second-order valence-electron chi connectivity index (χ2n) is 4.89. The number of hydrogen-bond acceptors (Lipinski definition) is 4. The van der Waals surface area contributed by atoms with Gasteiger partial charge in [0.15, 0.2) is 0 Å². The molecule has 1 aliphatic rings. The lowest BCUT2D eigenvalue weighted by Gasteiger charge is -2.28. The van der Waals surface area contributed by atoms with Gasteiger partial charge in [-0.1, -0.05) is 0 Å². The van der Waals surface area contributed by atoms with Crippen molar-refractivity contribution in [1.82, 2.24) is 9.62 Å². The first-order valence-electron chi connectivity index (χ1n) is 6.27. The van der Waals surface area contributed by atoms with Gasteiger partial charge in [0.1, 0.15) is 0 Å². The van der Waals surface area contributed by atoms with E-state index >= 15 is 0 Å². The van der Waals surface area contributed by atoms with Gasteiger partial charge in [0.25, 0.3) is 0 Å². The summed E-state index contributed by atoms with van der Waals surface area (Å²) in [5, 5.41) is 8.43. The number of sulfonamides is 1. The van der Waals surface area contributed by atoms with E-state index in [1.807, 2.05) is 0 Å². The quantitative estimate of drug-likeness (QED) is 0.690. The topological polar surface area (TPSA) is 86.7 Å². The van der Waals surface area contributed by atoms with Crippen molar-refractivity contribution >= 4 is 16.0 Å². The fraction of sp³-hybridized carbons (Fsp3) is 0.909. The lowest BCUT2D eigenvalue weighted by molar-refractivity contribution is -0.136. The minimum atomic E-state index is -3.43. The normalized spacial score (nSPS) is 18.9. The Hall–Kier alpha value is -0.660. The fourth-order valence-electron chi connectivity index (χ4n) is 2.06. The van der Waals surface area contributed by atoms with Crippen LogP contribution in [0.2, 0.25) is 0 Å². The molecule has 7 heteroatoms. The highest BCUT2D eigenvalue weighted by Gasteiger charge is 2.18. The molecule has 0 aromatic rings. The van der Waals surface area contributed by atoms with Crippen LogP contribution in [-0.2, 0) is 14.8 Å².